The molecule has 0 saturated carbocycles. The Kier molecular flexibility index (Phi) is 1.64. The van der Waals surface area contributed by atoms with E-state index in [0.717, 1.165) is 6.42 Å². The van der Waals surface area contributed by atoms with E-state index in [2.05, 4.69) is 20.6 Å². The van der Waals surface area contributed by atoms with Crippen LogP contribution in [0.4, 0.5) is 0 Å². The lowest BCUT2D eigenvalue weighted by atomic mass is 10.3. The lowest BCUT2D eigenvalue weighted by Gasteiger charge is -1.93. The second-order valence-electron chi connectivity index (χ2n) is 2.05. The zero-order valence-corrected chi connectivity index (χ0v) is 6.45. The first-order valence-corrected chi connectivity index (χ1v) is 4.03. The van der Waals surface area contributed by atoms with Gasteiger partial charge in [-0.1, -0.05) is 6.07 Å². The third-order valence-corrected chi connectivity index (χ3v) is 2.15. The monoisotopic (exact) mass is 165 g/mol. The molecule has 0 aliphatic rings. The van der Waals surface area contributed by atoms with E-state index in [0.29, 0.717) is 5.82 Å². The Bertz CT molecular complexity index is 267. The van der Waals surface area contributed by atoms with E-state index in [4.69, 9.17) is 0 Å². The average Bonchev–Trinajstić information content (AvgIpc) is 2.60. The van der Waals surface area contributed by atoms with E-state index < -0.39 is 0 Å². The molecule has 0 saturated heterocycles. The molecule has 4 nitrogen and oxygen atoms in total. The van der Waals surface area contributed by atoms with Gasteiger partial charge in [0.1, 0.15) is 0 Å². The van der Waals surface area contributed by atoms with Crippen molar-refractivity contribution in [1.29, 1.82) is 0 Å². The summed E-state index contributed by atoms with van der Waals surface area (Å²) in [4.78, 5) is 1.24. The number of rotatable bonds is 2. The zero-order chi connectivity index (χ0) is 7.52. The van der Waals surface area contributed by atoms with Crippen molar-refractivity contribution in [2.24, 2.45) is 0 Å². The normalized spacial score (nSPS) is 10.2. The molecular weight excluding hydrogens is 160 g/mol. The van der Waals surface area contributed by atoms with Crippen LogP contribution in [0.3, 0.4) is 0 Å². The van der Waals surface area contributed by atoms with Gasteiger partial charge in [0.2, 0.25) is 0 Å². The van der Waals surface area contributed by atoms with E-state index in [-0.39, 0.29) is 0 Å². The molecule has 0 unspecified atom stereocenters. The van der Waals surface area contributed by atoms with Crippen LogP contribution in [0, 0.1) is 0 Å². The minimum absolute atomic E-state index is 0.687. The first-order valence-electron chi connectivity index (χ1n) is 3.15. The predicted octanol–water partition coefficient (Wildman–Crippen LogP) is 0.481. The SMILES string of the molecule is c1csc(Cc2nnn[n-]2)c1. The summed E-state index contributed by atoms with van der Waals surface area (Å²) in [5, 5.41) is 16.3. The maximum Gasteiger partial charge on any atom is 0.0151 e. The molecule has 2 rings (SSSR count). The van der Waals surface area contributed by atoms with Gasteiger partial charge in [-0.25, -0.2) is 0 Å². The Morgan fingerprint density at radius 2 is 2.55 bits per heavy atom. The third kappa shape index (κ3) is 1.43. The maximum atomic E-state index is 3.73. The van der Waals surface area contributed by atoms with Crippen LogP contribution >= 0.6 is 11.3 Å². The number of hydrogen-bond donors (Lipinski definition) is 0. The van der Waals surface area contributed by atoms with Crippen molar-refractivity contribution in [2.45, 2.75) is 6.42 Å². The molecule has 0 atom stereocenters. The number of aromatic nitrogens is 4. The van der Waals surface area contributed by atoms with Crippen LogP contribution in [0.25, 0.3) is 0 Å². The van der Waals surface area contributed by atoms with Crippen molar-refractivity contribution in [2.75, 3.05) is 0 Å². The summed E-state index contributed by atoms with van der Waals surface area (Å²) < 4.78 is 0. The smallest absolute Gasteiger partial charge is 0.0151 e. The number of thiophene rings is 1. The highest BCUT2D eigenvalue weighted by molar-refractivity contribution is 7.09. The molecule has 0 N–H and O–H groups in total. The fraction of sp³-hybridized carbons (Fsp3) is 0.167. The minimum atomic E-state index is 0.687. The van der Waals surface area contributed by atoms with Crippen molar-refractivity contribution in [3.8, 4) is 0 Å². The van der Waals surface area contributed by atoms with Crippen molar-refractivity contribution < 1.29 is 0 Å². The summed E-state index contributed by atoms with van der Waals surface area (Å²) >= 11 is 1.69. The van der Waals surface area contributed by atoms with Gasteiger partial charge in [-0.15, -0.1) is 11.3 Å². The summed E-state index contributed by atoms with van der Waals surface area (Å²) in [6.45, 7) is 0. The Morgan fingerprint density at radius 3 is 3.18 bits per heavy atom. The summed E-state index contributed by atoms with van der Waals surface area (Å²) in [6, 6.07) is 4.05. The fourth-order valence-electron chi connectivity index (χ4n) is 0.803. The Labute approximate surface area is 67.3 Å². The topological polar surface area (TPSA) is 52.8 Å². The summed E-state index contributed by atoms with van der Waals surface area (Å²) in [5.41, 5.74) is 0. The second kappa shape index (κ2) is 2.79. The predicted molar refractivity (Wildman–Crippen MR) is 40.3 cm³/mol. The molecule has 0 aromatic carbocycles. The van der Waals surface area contributed by atoms with Crippen LogP contribution in [0.5, 0.6) is 0 Å². The molecular formula is C6H5N4S-. The minimum Gasteiger partial charge on any atom is -0.335 e. The molecule has 2 aromatic heterocycles. The molecule has 0 aliphatic heterocycles. The van der Waals surface area contributed by atoms with Gasteiger partial charge in [0.15, 0.2) is 0 Å². The molecule has 2 aromatic rings. The Hall–Kier alpha value is -1.23. The first-order chi connectivity index (χ1) is 5.45. The van der Waals surface area contributed by atoms with Gasteiger partial charge in [0.25, 0.3) is 0 Å². The van der Waals surface area contributed by atoms with Gasteiger partial charge < -0.3 is 5.10 Å². The van der Waals surface area contributed by atoms with E-state index >= 15 is 0 Å². The number of tetrazole rings is 1. The van der Waals surface area contributed by atoms with Crippen LogP contribution in [-0.4, -0.2) is 15.5 Å². The molecule has 0 radical (unpaired) electrons. The third-order valence-electron chi connectivity index (χ3n) is 1.27. The number of hydrogen-bond acceptors (Lipinski definition) is 4. The molecule has 2 heterocycles. The quantitative estimate of drug-likeness (QED) is 0.649. The van der Waals surface area contributed by atoms with E-state index in [1.54, 1.807) is 11.3 Å². The molecule has 0 spiro atoms. The molecule has 5 heteroatoms. The van der Waals surface area contributed by atoms with Gasteiger partial charge in [0, 0.05) is 17.1 Å². The van der Waals surface area contributed by atoms with Gasteiger partial charge >= 0.3 is 0 Å². The van der Waals surface area contributed by atoms with Gasteiger partial charge in [-0.05, 0) is 11.4 Å². The Morgan fingerprint density at radius 1 is 1.55 bits per heavy atom. The van der Waals surface area contributed by atoms with Crippen molar-refractivity contribution >= 4 is 11.3 Å². The Balaban J connectivity index is 2.14. The highest BCUT2D eigenvalue weighted by Gasteiger charge is 1.93. The highest BCUT2D eigenvalue weighted by Crippen LogP contribution is 2.10. The van der Waals surface area contributed by atoms with E-state index in [1.165, 1.54) is 4.88 Å². The summed E-state index contributed by atoms with van der Waals surface area (Å²) in [7, 11) is 0. The van der Waals surface area contributed by atoms with Crippen LogP contribution in [0.1, 0.15) is 10.7 Å². The highest BCUT2D eigenvalue weighted by atomic mass is 32.1. The zero-order valence-electron chi connectivity index (χ0n) is 5.64. The lowest BCUT2D eigenvalue weighted by molar-refractivity contribution is 0.871. The maximum absolute atomic E-state index is 3.73. The van der Waals surface area contributed by atoms with E-state index in [1.807, 2.05) is 17.5 Å². The van der Waals surface area contributed by atoms with Gasteiger partial charge in [-0.3, -0.25) is 10.3 Å². The summed E-state index contributed by atoms with van der Waals surface area (Å²) in [5.74, 6) is 0.687. The van der Waals surface area contributed by atoms with Crippen molar-refractivity contribution in [3.63, 3.8) is 0 Å². The average molecular weight is 165 g/mol. The molecule has 0 aliphatic carbocycles. The van der Waals surface area contributed by atoms with Crippen LogP contribution in [-0.2, 0) is 6.42 Å². The largest absolute Gasteiger partial charge is 0.335 e. The number of nitrogens with zero attached hydrogens (tertiary/aromatic N) is 4. The second-order valence-corrected chi connectivity index (χ2v) is 3.08. The summed E-state index contributed by atoms with van der Waals surface area (Å²) in [6.07, 6.45) is 0.741. The van der Waals surface area contributed by atoms with Crippen molar-refractivity contribution in [1.82, 2.24) is 20.6 Å². The lowest BCUT2D eigenvalue weighted by Crippen LogP contribution is -1.89. The van der Waals surface area contributed by atoms with Gasteiger partial charge in [0.05, 0.1) is 0 Å². The molecule has 0 amide bonds. The molecule has 0 bridgehead atoms. The van der Waals surface area contributed by atoms with Crippen LogP contribution in [0.15, 0.2) is 17.5 Å². The van der Waals surface area contributed by atoms with E-state index in [9.17, 15) is 0 Å². The fourth-order valence-corrected chi connectivity index (χ4v) is 1.50. The molecule has 56 valence electrons. The standard InChI is InChI=1S/C6H5N4S/c1-2-5(11-3-1)4-6-7-9-10-8-6/h1-3H,4H2/q-1. The van der Waals surface area contributed by atoms with Gasteiger partial charge in [-0.2, -0.15) is 5.21 Å². The first kappa shape index (κ1) is 6.48. The molecule has 11 heavy (non-hydrogen) atoms. The molecule has 0 fully saturated rings. The van der Waals surface area contributed by atoms with Crippen molar-refractivity contribution in [3.05, 3.63) is 28.2 Å². The van der Waals surface area contributed by atoms with Crippen LogP contribution in [0.2, 0.25) is 0 Å². The van der Waals surface area contributed by atoms with Crippen LogP contribution < -0.4 is 5.10 Å².